The van der Waals surface area contributed by atoms with Crippen LogP contribution in [0.15, 0.2) is 28.7 Å². The van der Waals surface area contributed by atoms with Gasteiger partial charge in [-0.05, 0) is 31.5 Å². The normalized spacial score (nSPS) is 11.9. The van der Waals surface area contributed by atoms with Crippen LogP contribution in [0, 0.1) is 0 Å². The number of furan rings is 1. The van der Waals surface area contributed by atoms with Gasteiger partial charge in [-0.3, -0.25) is 0 Å². The Morgan fingerprint density at radius 2 is 2.12 bits per heavy atom. The highest BCUT2D eigenvalue weighted by Crippen LogP contribution is 2.29. The van der Waals surface area contributed by atoms with E-state index in [1.54, 1.807) is 12.1 Å². The maximum absolute atomic E-state index is 10.8. The van der Waals surface area contributed by atoms with Crippen LogP contribution in [0.1, 0.15) is 30.0 Å². The van der Waals surface area contributed by atoms with E-state index in [1.165, 1.54) is 6.07 Å². The molecule has 16 heavy (non-hydrogen) atoms. The summed E-state index contributed by atoms with van der Waals surface area (Å²) in [5.41, 5.74) is 6.92. The molecule has 0 unspecified atom stereocenters. The zero-order valence-corrected chi connectivity index (χ0v) is 9.15. The number of carboxylic acid groups (broad SMARTS) is 1. The molecule has 4 heteroatoms. The van der Waals surface area contributed by atoms with E-state index < -0.39 is 11.5 Å². The van der Waals surface area contributed by atoms with E-state index in [-0.39, 0.29) is 5.76 Å². The number of hydrogen-bond acceptors (Lipinski definition) is 3. The molecule has 4 nitrogen and oxygen atoms in total. The van der Waals surface area contributed by atoms with E-state index in [1.807, 2.05) is 19.9 Å². The van der Waals surface area contributed by atoms with E-state index in [2.05, 4.69) is 0 Å². The second-order valence-corrected chi connectivity index (χ2v) is 4.35. The van der Waals surface area contributed by atoms with Gasteiger partial charge < -0.3 is 15.3 Å². The van der Waals surface area contributed by atoms with Gasteiger partial charge in [0, 0.05) is 10.9 Å². The van der Waals surface area contributed by atoms with Crippen LogP contribution < -0.4 is 5.73 Å². The highest BCUT2D eigenvalue weighted by Gasteiger charge is 2.20. The third kappa shape index (κ3) is 1.67. The maximum atomic E-state index is 10.8. The molecule has 1 aromatic carbocycles. The second-order valence-electron chi connectivity index (χ2n) is 4.35. The minimum absolute atomic E-state index is 0.0632. The van der Waals surface area contributed by atoms with Gasteiger partial charge in [0.25, 0.3) is 0 Å². The average Bonchev–Trinajstić information content (AvgIpc) is 2.58. The van der Waals surface area contributed by atoms with Gasteiger partial charge in [0.2, 0.25) is 5.76 Å². The third-order valence-corrected chi connectivity index (χ3v) is 2.47. The summed E-state index contributed by atoms with van der Waals surface area (Å²) >= 11 is 0. The first-order chi connectivity index (χ1) is 7.39. The molecule has 0 bridgehead atoms. The summed E-state index contributed by atoms with van der Waals surface area (Å²) < 4.78 is 5.21. The highest BCUT2D eigenvalue weighted by molar-refractivity contribution is 5.93. The van der Waals surface area contributed by atoms with Crippen molar-refractivity contribution in [3.63, 3.8) is 0 Å². The van der Waals surface area contributed by atoms with E-state index in [0.717, 1.165) is 10.9 Å². The Kier molecular flexibility index (Phi) is 2.24. The first-order valence-corrected chi connectivity index (χ1v) is 4.95. The van der Waals surface area contributed by atoms with Gasteiger partial charge in [-0.1, -0.05) is 12.1 Å². The summed E-state index contributed by atoms with van der Waals surface area (Å²) in [6, 6.07) is 6.93. The second kappa shape index (κ2) is 3.35. The summed E-state index contributed by atoms with van der Waals surface area (Å²) in [7, 11) is 0. The molecule has 1 heterocycles. The van der Waals surface area contributed by atoms with Gasteiger partial charge >= 0.3 is 5.97 Å². The third-order valence-electron chi connectivity index (χ3n) is 2.47. The maximum Gasteiger partial charge on any atom is 0.371 e. The first-order valence-electron chi connectivity index (χ1n) is 4.95. The molecule has 0 fully saturated rings. The molecule has 2 rings (SSSR count). The molecule has 0 aliphatic heterocycles. The topological polar surface area (TPSA) is 76.5 Å². The Hall–Kier alpha value is -1.81. The molecule has 0 amide bonds. The Bertz CT molecular complexity index is 549. The monoisotopic (exact) mass is 219 g/mol. The van der Waals surface area contributed by atoms with Gasteiger partial charge in [-0.15, -0.1) is 0 Å². The van der Waals surface area contributed by atoms with Crippen LogP contribution in [0.2, 0.25) is 0 Å². The largest absolute Gasteiger partial charge is 0.475 e. The molecule has 1 aromatic heterocycles. The molecule has 0 spiro atoms. The van der Waals surface area contributed by atoms with E-state index in [0.29, 0.717) is 5.58 Å². The SMILES string of the molecule is CC(C)(N)c1cccc2oc(C(=O)O)cc12. The van der Waals surface area contributed by atoms with Crippen LogP contribution >= 0.6 is 0 Å². The van der Waals surface area contributed by atoms with Crippen molar-refractivity contribution in [3.05, 3.63) is 35.6 Å². The lowest BCUT2D eigenvalue weighted by atomic mass is 9.92. The summed E-state index contributed by atoms with van der Waals surface area (Å²) in [6.07, 6.45) is 0. The number of aromatic carboxylic acids is 1. The summed E-state index contributed by atoms with van der Waals surface area (Å²) in [5.74, 6) is -1.14. The van der Waals surface area contributed by atoms with Gasteiger partial charge in [0.1, 0.15) is 5.58 Å². The lowest BCUT2D eigenvalue weighted by molar-refractivity contribution is 0.0665. The fraction of sp³-hybridized carbons (Fsp3) is 0.250. The quantitative estimate of drug-likeness (QED) is 0.812. The zero-order valence-electron chi connectivity index (χ0n) is 9.15. The highest BCUT2D eigenvalue weighted by atomic mass is 16.4. The van der Waals surface area contributed by atoms with Crippen LogP contribution in [0.4, 0.5) is 0 Å². The minimum Gasteiger partial charge on any atom is -0.475 e. The fourth-order valence-corrected chi connectivity index (χ4v) is 1.73. The Labute approximate surface area is 92.7 Å². The number of benzene rings is 1. The molecular formula is C12H13NO3. The van der Waals surface area contributed by atoms with Crippen molar-refractivity contribution < 1.29 is 14.3 Å². The lowest BCUT2D eigenvalue weighted by Crippen LogP contribution is -2.28. The van der Waals surface area contributed by atoms with Crippen molar-refractivity contribution in [2.45, 2.75) is 19.4 Å². The minimum atomic E-state index is -1.07. The number of rotatable bonds is 2. The fourth-order valence-electron chi connectivity index (χ4n) is 1.73. The Morgan fingerprint density at radius 3 is 2.69 bits per heavy atom. The molecule has 0 saturated heterocycles. The molecule has 3 N–H and O–H groups in total. The smallest absolute Gasteiger partial charge is 0.371 e. The van der Waals surface area contributed by atoms with E-state index in [4.69, 9.17) is 15.3 Å². The summed E-state index contributed by atoms with van der Waals surface area (Å²) in [6.45, 7) is 3.74. The number of carbonyl (C=O) groups is 1. The number of nitrogens with two attached hydrogens (primary N) is 1. The van der Waals surface area contributed by atoms with Crippen molar-refractivity contribution in [1.29, 1.82) is 0 Å². The number of hydrogen-bond donors (Lipinski definition) is 2. The van der Waals surface area contributed by atoms with Crippen LogP contribution in [0.3, 0.4) is 0 Å². The molecule has 84 valence electrons. The van der Waals surface area contributed by atoms with Crippen molar-refractivity contribution >= 4 is 16.9 Å². The van der Waals surface area contributed by atoms with Gasteiger partial charge in [0.15, 0.2) is 0 Å². The molecule has 2 aromatic rings. The van der Waals surface area contributed by atoms with Crippen molar-refractivity contribution in [1.82, 2.24) is 0 Å². The van der Waals surface area contributed by atoms with Crippen molar-refractivity contribution in [2.24, 2.45) is 5.73 Å². The predicted octanol–water partition coefficient (Wildman–Crippen LogP) is 2.32. The van der Waals surface area contributed by atoms with Crippen LogP contribution in [-0.2, 0) is 5.54 Å². The number of carboxylic acids is 1. The molecular weight excluding hydrogens is 206 g/mol. The zero-order chi connectivity index (χ0) is 11.9. The van der Waals surface area contributed by atoms with Crippen LogP contribution in [0.5, 0.6) is 0 Å². The molecule has 0 atom stereocenters. The lowest BCUT2D eigenvalue weighted by Gasteiger charge is -2.19. The van der Waals surface area contributed by atoms with Gasteiger partial charge in [-0.2, -0.15) is 0 Å². The van der Waals surface area contributed by atoms with Gasteiger partial charge in [0.05, 0.1) is 0 Å². The Balaban J connectivity index is 2.73. The van der Waals surface area contributed by atoms with Crippen LogP contribution in [-0.4, -0.2) is 11.1 Å². The summed E-state index contributed by atoms with van der Waals surface area (Å²) in [5, 5.41) is 9.61. The Morgan fingerprint density at radius 1 is 1.44 bits per heavy atom. The summed E-state index contributed by atoms with van der Waals surface area (Å²) in [4.78, 5) is 10.8. The van der Waals surface area contributed by atoms with Crippen molar-refractivity contribution in [3.8, 4) is 0 Å². The van der Waals surface area contributed by atoms with E-state index in [9.17, 15) is 4.79 Å². The van der Waals surface area contributed by atoms with Crippen LogP contribution in [0.25, 0.3) is 11.0 Å². The molecule has 0 aliphatic carbocycles. The van der Waals surface area contributed by atoms with E-state index >= 15 is 0 Å². The van der Waals surface area contributed by atoms with Crippen molar-refractivity contribution in [2.75, 3.05) is 0 Å². The molecule has 0 saturated carbocycles. The first kappa shape index (κ1) is 10.7. The van der Waals surface area contributed by atoms with Gasteiger partial charge in [-0.25, -0.2) is 4.79 Å². The number of fused-ring (bicyclic) bond motifs is 1. The molecule has 0 radical (unpaired) electrons. The predicted molar refractivity (Wildman–Crippen MR) is 60.4 cm³/mol. The molecule has 0 aliphatic rings. The standard InChI is InChI=1S/C12H13NO3/c1-12(2,13)8-4-3-5-9-7(8)6-10(16-9)11(14)15/h3-6H,13H2,1-2H3,(H,14,15). The average molecular weight is 219 g/mol.